The van der Waals surface area contributed by atoms with E-state index in [1.54, 1.807) is 0 Å². The molecule has 1 nitrogen and oxygen atoms in total. The molecule has 0 aromatic rings. The van der Waals surface area contributed by atoms with Gasteiger partial charge in [-0.15, -0.1) is 5.47 Å². The quantitative estimate of drug-likeness (QED) is 0.527. The fourth-order valence-corrected chi connectivity index (χ4v) is 2.33. The molecule has 0 rings (SSSR count). The summed E-state index contributed by atoms with van der Waals surface area (Å²) in [6.07, 6.45) is 0. The molecule has 0 heterocycles. The van der Waals surface area contributed by atoms with E-state index in [1.165, 1.54) is 11.1 Å². The molecule has 16 heavy (non-hydrogen) atoms. The minimum absolute atomic E-state index is 0.0159. The lowest BCUT2D eigenvalue weighted by Crippen LogP contribution is -2.24. The van der Waals surface area contributed by atoms with E-state index in [0.29, 0.717) is 0 Å². The molecule has 0 aliphatic carbocycles. The number of nitrogens with two attached hydrogens (primary N) is 1. The summed E-state index contributed by atoms with van der Waals surface area (Å²) in [5, 5.41) is 0. The molecule has 2 radical (unpaired) electrons. The highest BCUT2D eigenvalue weighted by Crippen LogP contribution is 2.42. The SMILES string of the molecule is [B]/C(C)=C(/C(=C(/C)N)C(C)(C)C)C(C)(C)C. The van der Waals surface area contributed by atoms with Crippen LogP contribution in [-0.2, 0) is 0 Å². The summed E-state index contributed by atoms with van der Waals surface area (Å²) in [7, 11) is 6.05. The maximum absolute atomic E-state index is 6.05. The maximum atomic E-state index is 6.05. The van der Waals surface area contributed by atoms with Gasteiger partial charge in [0.25, 0.3) is 0 Å². The van der Waals surface area contributed by atoms with Gasteiger partial charge in [-0.25, -0.2) is 0 Å². The van der Waals surface area contributed by atoms with Crippen LogP contribution >= 0.6 is 0 Å². The van der Waals surface area contributed by atoms with Crippen molar-refractivity contribution in [2.24, 2.45) is 16.6 Å². The average Bonchev–Trinajstić information content (AvgIpc) is 1.92. The van der Waals surface area contributed by atoms with Crippen LogP contribution in [0.3, 0.4) is 0 Å². The van der Waals surface area contributed by atoms with E-state index in [-0.39, 0.29) is 10.8 Å². The zero-order chi connectivity index (χ0) is 13.3. The van der Waals surface area contributed by atoms with Gasteiger partial charge in [0, 0.05) is 5.70 Å². The first-order chi connectivity index (χ1) is 6.89. The molecular weight excluding hydrogens is 193 g/mol. The fourth-order valence-electron chi connectivity index (χ4n) is 2.33. The summed E-state index contributed by atoms with van der Waals surface area (Å²) in [5.74, 6) is 0. The van der Waals surface area contributed by atoms with Gasteiger partial charge in [-0.1, -0.05) is 48.5 Å². The third-order valence-corrected chi connectivity index (χ3v) is 2.54. The largest absolute Gasteiger partial charge is 0.402 e. The molecule has 2 N–H and O–H groups in total. The highest BCUT2D eigenvalue weighted by molar-refractivity contribution is 6.22. The zero-order valence-electron chi connectivity index (χ0n) is 12.2. The van der Waals surface area contributed by atoms with E-state index in [0.717, 1.165) is 11.2 Å². The first kappa shape index (κ1) is 15.3. The Morgan fingerprint density at radius 3 is 1.19 bits per heavy atom. The molecule has 0 saturated carbocycles. The Hall–Kier alpha value is -0.655. The predicted molar refractivity (Wildman–Crippen MR) is 74.3 cm³/mol. The molecule has 0 atom stereocenters. The Labute approximate surface area is 103 Å². The minimum Gasteiger partial charge on any atom is -0.402 e. The summed E-state index contributed by atoms with van der Waals surface area (Å²) in [4.78, 5) is 0. The molecule has 2 heteroatoms. The second kappa shape index (κ2) is 4.69. The van der Waals surface area contributed by atoms with Crippen LogP contribution in [0, 0.1) is 10.8 Å². The number of rotatable bonds is 1. The molecule has 0 fully saturated rings. The topological polar surface area (TPSA) is 26.0 Å². The van der Waals surface area contributed by atoms with Gasteiger partial charge in [0.15, 0.2) is 0 Å². The molecule has 0 saturated heterocycles. The van der Waals surface area contributed by atoms with Crippen molar-refractivity contribution in [1.82, 2.24) is 0 Å². The molecule has 0 aromatic heterocycles. The third-order valence-electron chi connectivity index (χ3n) is 2.54. The second-order valence-corrected chi connectivity index (χ2v) is 6.62. The van der Waals surface area contributed by atoms with Crippen molar-refractivity contribution >= 4 is 7.85 Å². The van der Waals surface area contributed by atoms with Crippen LogP contribution in [0.2, 0.25) is 0 Å². The van der Waals surface area contributed by atoms with Crippen molar-refractivity contribution in [2.75, 3.05) is 0 Å². The predicted octanol–water partition coefficient (Wildman–Crippen LogP) is 3.75. The van der Waals surface area contributed by atoms with E-state index in [1.807, 2.05) is 13.8 Å². The molecule has 0 aliphatic heterocycles. The van der Waals surface area contributed by atoms with E-state index in [4.69, 9.17) is 13.6 Å². The van der Waals surface area contributed by atoms with Gasteiger partial charge in [-0.2, -0.15) is 0 Å². The minimum atomic E-state index is 0.0159. The van der Waals surface area contributed by atoms with Gasteiger partial charge in [-0.3, -0.25) is 0 Å². The van der Waals surface area contributed by atoms with Crippen molar-refractivity contribution < 1.29 is 0 Å². The first-order valence-corrected chi connectivity index (χ1v) is 5.83. The summed E-state index contributed by atoms with van der Waals surface area (Å²) in [6.45, 7) is 17.0. The van der Waals surface area contributed by atoms with Gasteiger partial charge in [0.1, 0.15) is 7.85 Å². The summed E-state index contributed by atoms with van der Waals surface area (Å²) in [6, 6.07) is 0. The molecule has 90 valence electrons. The Bertz CT molecular complexity index is 280. The Morgan fingerprint density at radius 1 is 0.812 bits per heavy atom. The normalized spacial score (nSPS) is 16.8. The van der Waals surface area contributed by atoms with Crippen molar-refractivity contribution in [1.29, 1.82) is 0 Å². The molecule has 0 aromatic carbocycles. The lowest BCUT2D eigenvalue weighted by atomic mass is 9.67. The van der Waals surface area contributed by atoms with E-state index in [2.05, 4.69) is 41.5 Å². The average molecular weight is 219 g/mol. The van der Waals surface area contributed by atoms with Crippen molar-refractivity contribution in [3.05, 3.63) is 22.3 Å². The van der Waals surface area contributed by atoms with Gasteiger partial charge in [0.05, 0.1) is 0 Å². The smallest absolute Gasteiger partial charge is 0.107 e. The molecule has 0 spiro atoms. The third kappa shape index (κ3) is 3.73. The van der Waals surface area contributed by atoms with Gasteiger partial charge in [0.2, 0.25) is 0 Å². The standard InChI is InChI=1S/C14H26BN/c1-9(15)11(13(3,4)5)12(10(2)16)14(6,7)8/h16H2,1-8H3/b11-9-,12-10+. The van der Waals surface area contributed by atoms with Crippen LogP contribution in [0.15, 0.2) is 22.3 Å². The zero-order valence-corrected chi connectivity index (χ0v) is 12.2. The van der Waals surface area contributed by atoms with Crippen LogP contribution in [0.4, 0.5) is 0 Å². The van der Waals surface area contributed by atoms with Crippen molar-refractivity contribution in [3.8, 4) is 0 Å². The highest BCUT2D eigenvalue weighted by atomic mass is 14.6. The Morgan fingerprint density at radius 2 is 1.12 bits per heavy atom. The van der Waals surface area contributed by atoms with Crippen LogP contribution in [0.25, 0.3) is 0 Å². The van der Waals surface area contributed by atoms with Crippen LogP contribution < -0.4 is 5.73 Å². The van der Waals surface area contributed by atoms with Gasteiger partial charge >= 0.3 is 0 Å². The Balaban J connectivity index is 5.95. The monoisotopic (exact) mass is 219 g/mol. The van der Waals surface area contributed by atoms with Gasteiger partial charge < -0.3 is 5.73 Å². The molecule has 0 bridgehead atoms. The number of allylic oxidation sites excluding steroid dienone is 4. The molecule has 0 unspecified atom stereocenters. The molecular formula is C14H26BN. The van der Waals surface area contributed by atoms with Crippen LogP contribution in [0.5, 0.6) is 0 Å². The highest BCUT2D eigenvalue weighted by Gasteiger charge is 2.29. The van der Waals surface area contributed by atoms with Crippen LogP contribution in [0.1, 0.15) is 55.4 Å². The van der Waals surface area contributed by atoms with Crippen LogP contribution in [-0.4, -0.2) is 7.85 Å². The van der Waals surface area contributed by atoms with Crippen molar-refractivity contribution in [2.45, 2.75) is 55.4 Å². The molecule has 0 amide bonds. The summed E-state index contributed by atoms with van der Waals surface area (Å²) in [5.41, 5.74) is 10.2. The summed E-state index contributed by atoms with van der Waals surface area (Å²) >= 11 is 0. The molecule has 0 aliphatic rings. The lowest BCUT2D eigenvalue weighted by Gasteiger charge is -2.35. The number of hydrogen-bond donors (Lipinski definition) is 1. The first-order valence-electron chi connectivity index (χ1n) is 5.83. The fraction of sp³-hybridized carbons (Fsp3) is 0.714. The van der Waals surface area contributed by atoms with Crippen molar-refractivity contribution in [3.63, 3.8) is 0 Å². The van der Waals surface area contributed by atoms with E-state index in [9.17, 15) is 0 Å². The second-order valence-electron chi connectivity index (χ2n) is 6.62. The van der Waals surface area contributed by atoms with Gasteiger partial charge in [-0.05, 0) is 28.9 Å². The number of hydrogen-bond acceptors (Lipinski definition) is 1. The Kier molecular flexibility index (Phi) is 4.50. The lowest BCUT2D eigenvalue weighted by molar-refractivity contribution is 0.440. The maximum Gasteiger partial charge on any atom is 0.107 e. The van der Waals surface area contributed by atoms with E-state index < -0.39 is 0 Å². The van der Waals surface area contributed by atoms with E-state index >= 15 is 0 Å². The summed E-state index contributed by atoms with van der Waals surface area (Å²) < 4.78 is 0.